The van der Waals surface area contributed by atoms with Gasteiger partial charge in [-0.25, -0.2) is 0 Å². The predicted molar refractivity (Wildman–Crippen MR) is 84.4 cm³/mol. The molecule has 0 bridgehead atoms. The van der Waals surface area contributed by atoms with E-state index in [9.17, 15) is 9.59 Å². The maximum absolute atomic E-state index is 12.1. The summed E-state index contributed by atoms with van der Waals surface area (Å²) < 4.78 is 5.40. The van der Waals surface area contributed by atoms with Gasteiger partial charge in [-0.05, 0) is 42.3 Å². The molecule has 3 rings (SSSR count). The van der Waals surface area contributed by atoms with Crippen molar-refractivity contribution in [2.24, 2.45) is 0 Å². The molecule has 0 saturated heterocycles. The number of amides is 2. The first-order valence-electron chi connectivity index (χ1n) is 7.08. The molecule has 1 aliphatic rings. The number of hydrogen-bond donors (Lipinski definition) is 1. The van der Waals surface area contributed by atoms with Crippen LogP contribution in [0, 0.1) is 0 Å². The lowest BCUT2D eigenvalue weighted by molar-refractivity contribution is -0.114. The largest absolute Gasteiger partial charge is 0.494 e. The lowest BCUT2D eigenvalue weighted by Gasteiger charge is -2.18. The van der Waals surface area contributed by atoms with E-state index in [0.717, 1.165) is 11.3 Å². The fourth-order valence-electron chi connectivity index (χ4n) is 2.41. The van der Waals surface area contributed by atoms with Gasteiger partial charge in [-0.2, -0.15) is 0 Å². The van der Waals surface area contributed by atoms with Gasteiger partial charge in [-0.3, -0.25) is 14.9 Å². The Morgan fingerprint density at radius 2 is 1.64 bits per heavy atom. The van der Waals surface area contributed by atoms with Crippen LogP contribution in [-0.4, -0.2) is 18.4 Å². The maximum atomic E-state index is 12.1. The summed E-state index contributed by atoms with van der Waals surface area (Å²) in [6.45, 7) is 2.54. The van der Waals surface area contributed by atoms with Crippen molar-refractivity contribution >= 4 is 23.5 Å². The molecule has 1 heterocycles. The number of imide groups is 1. The molecule has 22 heavy (non-hydrogen) atoms. The minimum Gasteiger partial charge on any atom is -0.494 e. The number of carbonyl (C=O) groups excluding carboxylic acids is 2. The molecule has 110 valence electrons. The van der Waals surface area contributed by atoms with Crippen molar-refractivity contribution in [3.8, 4) is 5.75 Å². The molecule has 2 aromatic carbocycles. The first kappa shape index (κ1) is 14.1. The van der Waals surface area contributed by atoms with Crippen LogP contribution in [0.2, 0.25) is 0 Å². The van der Waals surface area contributed by atoms with Crippen LogP contribution in [0.1, 0.15) is 28.4 Å². The summed E-state index contributed by atoms with van der Waals surface area (Å²) in [6, 6.07) is 14.6. The van der Waals surface area contributed by atoms with Gasteiger partial charge in [0.1, 0.15) is 5.75 Å². The number of nitrogens with one attached hydrogen (secondary N) is 1. The van der Waals surface area contributed by atoms with E-state index in [4.69, 9.17) is 4.74 Å². The Kier molecular flexibility index (Phi) is 3.74. The number of carbonyl (C=O) groups is 2. The van der Waals surface area contributed by atoms with E-state index in [1.54, 1.807) is 24.3 Å². The van der Waals surface area contributed by atoms with E-state index in [1.807, 2.05) is 37.3 Å². The van der Waals surface area contributed by atoms with Gasteiger partial charge >= 0.3 is 0 Å². The van der Waals surface area contributed by atoms with Crippen molar-refractivity contribution in [1.29, 1.82) is 0 Å². The molecule has 0 atom stereocenters. The smallest absolute Gasteiger partial charge is 0.258 e. The third-order valence-corrected chi connectivity index (χ3v) is 3.44. The van der Waals surface area contributed by atoms with E-state index in [1.165, 1.54) is 0 Å². The molecule has 0 radical (unpaired) electrons. The Hall–Kier alpha value is -2.88. The van der Waals surface area contributed by atoms with Gasteiger partial charge in [0.2, 0.25) is 0 Å². The van der Waals surface area contributed by atoms with E-state index < -0.39 is 0 Å². The number of ether oxygens (including phenoxy) is 1. The molecular weight excluding hydrogens is 278 g/mol. The van der Waals surface area contributed by atoms with Crippen molar-refractivity contribution in [3.05, 3.63) is 65.2 Å². The molecule has 1 aliphatic heterocycles. The topological polar surface area (TPSA) is 55.4 Å². The van der Waals surface area contributed by atoms with Gasteiger partial charge in [0, 0.05) is 11.1 Å². The number of rotatable bonds is 3. The predicted octanol–water partition coefficient (Wildman–Crippen LogP) is 2.90. The van der Waals surface area contributed by atoms with Crippen LogP contribution < -0.4 is 10.1 Å². The highest BCUT2D eigenvalue weighted by Crippen LogP contribution is 2.26. The molecule has 0 fully saturated rings. The second kappa shape index (κ2) is 5.85. The monoisotopic (exact) mass is 293 g/mol. The van der Waals surface area contributed by atoms with E-state index >= 15 is 0 Å². The van der Waals surface area contributed by atoms with Crippen molar-refractivity contribution in [3.63, 3.8) is 0 Å². The standard InChI is InChI=1S/C18H15NO3/c1-2-22-13-9-7-12(8-10-13)11-16-14-5-3-4-6-15(14)17(20)19-18(16)21/h3-11H,2H2,1H3,(H,19,20,21)/b16-11-. The zero-order valence-corrected chi connectivity index (χ0v) is 12.1. The van der Waals surface area contributed by atoms with Crippen LogP contribution in [0.25, 0.3) is 11.6 Å². The van der Waals surface area contributed by atoms with E-state index in [0.29, 0.717) is 23.3 Å². The van der Waals surface area contributed by atoms with E-state index in [2.05, 4.69) is 5.32 Å². The number of benzene rings is 2. The summed E-state index contributed by atoms with van der Waals surface area (Å²) >= 11 is 0. The lowest BCUT2D eigenvalue weighted by Crippen LogP contribution is -2.36. The molecule has 2 aromatic rings. The summed E-state index contributed by atoms with van der Waals surface area (Å²) in [5, 5.41) is 2.37. The van der Waals surface area contributed by atoms with Crippen LogP contribution in [0.5, 0.6) is 5.75 Å². The zero-order valence-electron chi connectivity index (χ0n) is 12.1. The summed E-state index contributed by atoms with van der Waals surface area (Å²) in [5.41, 5.74) is 2.53. The Morgan fingerprint density at radius 3 is 2.32 bits per heavy atom. The minimum atomic E-state index is -0.377. The molecule has 0 aromatic heterocycles. The summed E-state index contributed by atoms with van der Waals surface area (Å²) in [4.78, 5) is 24.0. The zero-order chi connectivity index (χ0) is 15.5. The van der Waals surface area contributed by atoms with Crippen LogP contribution in [0.15, 0.2) is 48.5 Å². The van der Waals surface area contributed by atoms with E-state index in [-0.39, 0.29) is 11.8 Å². The average Bonchev–Trinajstić information content (AvgIpc) is 2.53. The van der Waals surface area contributed by atoms with Crippen molar-refractivity contribution < 1.29 is 14.3 Å². The first-order valence-corrected chi connectivity index (χ1v) is 7.08. The Labute approximate surface area is 128 Å². The number of hydrogen-bond acceptors (Lipinski definition) is 3. The van der Waals surface area contributed by atoms with Crippen molar-refractivity contribution in [1.82, 2.24) is 5.32 Å². The van der Waals surface area contributed by atoms with Gasteiger partial charge in [-0.1, -0.05) is 30.3 Å². The quantitative estimate of drug-likeness (QED) is 0.699. The molecule has 0 saturated carbocycles. The van der Waals surface area contributed by atoms with Crippen molar-refractivity contribution in [2.75, 3.05) is 6.61 Å². The normalized spacial score (nSPS) is 15.4. The summed E-state index contributed by atoms with van der Waals surface area (Å²) in [6.07, 6.45) is 1.77. The van der Waals surface area contributed by atoms with Crippen LogP contribution in [-0.2, 0) is 4.79 Å². The van der Waals surface area contributed by atoms with Gasteiger partial charge < -0.3 is 4.74 Å². The second-order valence-electron chi connectivity index (χ2n) is 4.89. The molecule has 0 unspecified atom stereocenters. The number of fused-ring (bicyclic) bond motifs is 1. The fourth-order valence-corrected chi connectivity index (χ4v) is 2.41. The molecular formula is C18H15NO3. The second-order valence-corrected chi connectivity index (χ2v) is 4.89. The Bertz CT molecular complexity index is 760. The molecule has 0 spiro atoms. The third kappa shape index (κ3) is 2.63. The summed E-state index contributed by atoms with van der Waals surface area (Å²) in [7, 11) is 0. The molecule has 4 nitrogen and oxygen atoms in total. The third-order valence-electron chi connectivity index (χ3n) is 3.44. The van der Waals surface area contributed by atoms with Gasteiger partial charge in [0.15, 0.2) is 0 Å². The molecule has 1 N–H and O–H groups in total. The SMILES string of the molecule is CCOc1ccc(/C=C2\C(=O)NC(=O)c3ccccc32)cc1. The Balaban J connectivity index is 2.01. The highest BCUT2D eigenvalue weighted by atomic mass is 16.5. The maximum Gasteiger partial charge on any atom is 0.258 e. The molecule has 0 aliphatic carbocycles. The highest BCUT2D eigenvalue weighted by molar-refractivity contribution is 6.33. The van der Waals surface area contributed by atoms with Crippen LogP contribution in [0.4, 0.5) is 0 Å². The lowest BCUT2D eigenvalue weighted by atomic mass is 9.93. The Morgan fingerprint density at radius 1 is 0.955 bits per heavy atom. The van der Waals surface area contributed by atoms with Crippen molar-refractivity contribution in [2.45, 2.75) is 6.92 Å². The van der Waals surface area contributed by atoms with Gasteiger partial charge in [0.25, 0.3) is 11.8 Å². The molecule has 2 amide bonds. The molecule has 4 heteroatoms. The van der Waals surface area contributed by atoms with Crippen LogP contribution in [0.3, 0.4) is 0 Å². The summed E-state index contributed by atoms with van der Waals surface area (Å²) in [5.74, 6) is 0.0513. The fraction of sp³-hybridized carbons (Fsp3) is 0.111. The van der Waals surface area contributed by atoms with Crippen LogP contribution >= 0.6 is 0 Å². The van der Waals surface area contributed by atoms with Gasteiger partial charge in [0.05, 0.1) is 6.61 Å². The minimum absolute atomic E-state index is 0.357. The highest BCUT2D eigenvalue weighted by Gasteiger charge is 2.26. The van der Waals surface area contributed by atoms with Gasteiger partial charge in [-0.15, -0.1) is 0 Å². The first-order chi connectivity index (χ1) is 10.7. The average molecular weight is 293 g/mol.